The number of amides is 1. The third-order valence-corrected chi connectivity index (χ3v) is 6.84. The van der Waals surface area contributed by atoms with Crippen molar-refractivity contribution in [2.75, 3.05) is 40.3 Å². The lowest BCUT2D eigenvalue weighted by atomic mass is 10.1. The third-order valence-electron chi connectivity index (χ3n) is 5.11. The zero-order valence-electron chi connectivity index (χ0n) is 17.0. The fourth-order valence-corrected chi connectivity index (χ4v) is 5.01. The standard InChI is InChI=1S/C21H26ClN3O4S/c1-24-10-12-25(13-11-24)21(26)18(14-16-6-4-3-5-7-16)23-30(27,28)20-15-17(22)8-9-19(20)29-2/h3-9,15,18,23H,10-14H2,1-2H3/t18-/m0/s1. The van der Waals surface area contributed by atoms with E-state index < -0.39 is 16.1 Å². The van der Waals surface area contributed by atoms with Crippen LogP contribution in [0.5, 0.6) is 5.75 Å². The highest BCUT2D eigenvalue weighted by molar-refractivity contribution is 7.89. The summed E-state index contributed by atoms with van der Waals surface area (Å²) in [7, 11) is -0.671. The van der Waals surface area contributed by atoms with Crippen molar-refractivity contribution < 1.29 is 17.9 Å². The average molecular weight is 452 g/mol. The third kappa shape index (κ3) is 5.51. The van der Waals surface area contributed by atoms with E-state index in [0.717, 1.165) is 18.7 Å². The van der Waals surface area contributed by atoms with E-state index in [1.165, 1.54) is 19.2 Å². The summed E-state index contributed by atoms with van der Waals surface area (Å²) < 4.78 is 34.1. The number of hydrogen-bond acceptors (Lipinski definition) is 5. The molecule has 1 aliphatic heterocycles. The van der Waals surface area contributed by atoms with Gasteiger partial charge in [-0.1, -0.05) is 41.9 Å². The Kier molecular flexibility index (Phi) is 7.36. The predicted molar refractivity (Wildman–Crippen MR) is 116 cm³/mol. The summed E-state index contributed by atoms with van der Waals surface area (Å²) in [5.41, 5.74) is 0.866. The van der Waals surface area contributed by atoms with Crippen LogP contribution in [0.1, 0.15) is 5.56 Å². The number of halogens is 1. The van der Waals surface area contributed by atoms with Crippen molar-refractivity contribution in [3.05, 3.63) is 59.1 Å². The van der Waals surface area contributed by atoms with Crippen molar-refractivity contribution in [2.45, 2.75) is 17.4 Å². The van der Waals surface area contributed by atoms with Gasteiger partial charge in [0.05, 0.1) is 7.11 Å². The lowest BCUT2D eigenvalue weighted by molar-refractivity contribution is -0.134. The first kappa shape index (κ1) is 22.6. The molecule has 162 valence electrons. The van der Waals surface area contributed by atoms with Gasteiger partial charge in [-0.25, -0.2) is 8.42 Å². The fraction of sp³-hybridized carbons (Fsp3) is 0.381. The summed E-state index contributed by atoms with van der Waals surface area (Å²) >= 11 is 6.02. The van der Waals surface area contributed by atoms with E-state index in [4.69, 9.17) is 16.3 Å². The Hall–Kier alpha value is -2.13. The van der Waals surface area contributed by atoms with Crippen molar-refractivity contribution in [3.63, 3.8) is 0 Å². The first-order valence-electron chi connectivity index (χ1n) is 9.67. The maximum Gasteiger partial charge on any atom is 0.245 e. The normalized spacial score (nSPS) is 16.3. The number of piperazine rings is 1. The summed E-state index contributed by atoms with van der Waals surface area (Å²) in [5, 5.41) is 0.265. The molecule has 30 heavy (non-hydrogen) atoms. The van der Waals surface area contributed by atoms with Crippen LogP contribution in [0.4, 0.5) is 0 Å². The van der Waals surface area contributed by atoms with Crippen LogP contribution in [0, 0.1) is 0 Å². The van der Waals surface area contributed by atoms with Gasteiger partial charge < -0.3 is 14.5 Å². The lowest BCUT2D eigenvalue weighted by Gasteiger charge is -2.34. The molecule has 1 fully saturated rings. The number of ether oxygens (including phenoxy) is 1. The van der Waals surface area contributed by atoms with E-state index in [9.17, 15) is 13.2 Å². The van der Waals surface area contributed by atoms with Gasteiger partial charge in [-0.2, -0.15) is 4.72 Å². The maximum atomic E-state index is 13.3. The fourth-order valence-electron chi connectivity index (χ4n) is 3.39. The molecule has 1 heterocycles. The van der Waals surface area contributed by atoms with Crippen molar-refractivity contribution in [1.29, 1.82) is 0 Å². The average Bonchev–Trinajstić information content (AvgIpc) is 2.74. The molecule has 0 aliphatic carbocycles. The van der Waals surface area contributed by atoms with Gasteiger partial charge in [-0.3, -0.25) is 4.79 Å². The second kappa shape index (κ2) is 9.78. The highest BCUT2D eigenvalue weighted by Crippen LogP contribution is 2.27. The van der Waals surface area contributed by atoms with E-state index in [2.05, 4.69) is 9.62 Å². The number of hydrogen-bond donors (Lipinski definition) is 1. The molecule has 1 N–H and O–H groups in total. The van der Waals surface area contributed by atoms with Crippen LogP contribution in [0.25, 0.3) is 0 Å². The topological polar surface area (TPSA) is 78.9 Å². The Balaban J connectivity index is 1.90. The van der Waals surface area contributed by atoms with Crippen LogP contribution >= 0.6 is 11.6 Å². The molecule has 1 saturated heterocycles. The predicted octanol–water partition coefficient (Wildman–Crippen LogP) is 2.01. The molecule has 0 radical (unpaired) electrons. The monoisotopic (exact) mass is 451 g/mol. The quantitative estimate of drug-likeness (QED) is 0.696. The number of benzene rings is 2. The SMILES string of the molecule is COc1ccc(Cl)cc1S(=O)(=O)N[C@@H](Cc1ccccc1)C(=O)N1CCN(C)CC1. The van der Waals surface area contributed by atoms with Gasteiger partial charge in [0.2, 0.25) is 15.9 Å². The van der Waals surface area contributed by atoms with Gasteiger partial charge in [0, 0.05) is 31.2 Å². The molecular formula is C21H26ClN3O4S. The van der Waals surface area contributed by atoms with Crippen molar-refractivity contribution in [3.8, 4) is 5.75 Å². The highest BCUT2D eigenvalue weighted by Gasteiger charge is 2.32. The lowest BCUT2D eigenvalue weighted by Crippen LogP contribution is -2.54. The number of likely N-dealkylation sites (N-methyl/N-ethyl adjacent to an activating group) is 1. The van der Waals surface area contributed by atoms with Crippen LogP contribution in [-0.2, 0) is 21.2 Å². The molecule has 0 saturated carbocycles. The number of carbonyl (C=O) groups is 1. The summed E-state index contributed by atoms with van der Waals surface area (Å²) in [4.78, 5) is 17.0. The molecule has 2 aromatic carbocycles. The van der Waals surface area contributed by atoms with Crippen molar-refractivity contribution in [2.24, 2.45) is 0 Å². The Morgan fingerprint density at radius 2 is 1.80 bits per heavy atom. The number of carbonyl (C=O) groups excluding carboxylic acids is 1. The Morgan fingerprint density at radius 3 is 2.43 bits per heavy atom. The Labute approximate surface area is 182 Å². The molecule has 9 heteroatoms. The number of nitrogens with one attached hydrogen (secondary N) is 1. The summed E-state index contributed by atoms with van der Waals surface area (Å²) in [5.74, 6) is -0.0751. The molecule has 1 atom stereocenters. The highest BCUT2D eigenvalue weighted by atomic mass is 35.5. The van der Waals surface area contributed by atoms with E-state index in [-0.39, 0.29) is 28.0 Å². The molecule has 3 rings (SSSR count). The zero-order valence-corrected chi connectivity index (χ0v) is 18.6. The van der Waals surface area contributed by atoms with Gasteiger partial charge in [-0.05, 0) is 37.2 Å². The van der Waals surface area contributed by atoms with Gasteiger partial charge in [0.25, 0.3) is 0 Å². The number of methoxy groups -OCH3 is 1. The molecule has 1 aliphatic rings. The van der Waals surface area contributed by atoms with Crippen molar-refractivity contribution >= 4 is 27.5 Å². The Morgan fingerprint density at radius 1 is 1.13 bits per heavy atom. The minimum absolute atomic E-state index is 0.0956. The summed E-state index contributed by atoms with van der Waals surface area (Å²) in [6.45, 7) is 2.61. The first-order chi connectivity index (χ1) is 14.3. The van der Waals surface area contributed by atoms with Crippen LogP contribution in [0.3, 0.4) is 0 Å². The van der Waals surface area contributed by atoms with Crippen LogP contribution < -0.4 is 9.46 Å². The minimum atomic E-state index is -4.06. The molecule has 1 amide bonds. The number of rotatable bonds is 7. The van der Waals surface area contributed by atoms with E-state index in [1.54, 1.807) is 11.0 Å². The summed E-state index contributed by atoms with van der Waals surface area (Å²) in [6.07, 6.45) is 0.244. The molecule has 0 bridgehead atoms. The number of nitrogens with zero attached hydrogens (tertiary/aromatic N) is 2. The maximum absolute atomic E-state index is 13.3. The van der Waals surface area contributed by atoms with E-state index in [0.29, 0.717) is 13.1 Å². The summed E-state index contributed by atoms with van der Waals surface area (Å²) in [6, 6.07) is 12.8. The van der Waals surface area contributed by atoms with Gasteiger partial charge in [0.15, 0.2) is 0 Å². The zero-order chi connectivity index (χ0) is 21.7. The first-order valence-corrected chi connectivity index (χ1v) is 11.5. The molecular weight excluding hydrogens is 426 g/mol. The smallest absolute Gasteiger partial charge is 0.245 e. The van der Waals surface area contributed by atoms with E-state index >= 15 is 0 Å². The molecule has 0 aromatic heterocycles. The van der Waals surface area contributed by atoms with Crippen molar-refractivity contribution in [1.82, 2.24) is 14.5 Å². The largest absolute Gasteiger partial charge is 0.495 e. The molecule has 0 unspecified atom stereocenters. The molecule has 7 nitrogen and oxygen atoms in total. The number of sulfonamides is 1. The van der Waals surface area contributed by atoms with Gasteiger partial charge in [0.1, 0.15) is 16.7 Å². The molecule has 0 spiro atoms. The van der Waals surface area contributed by atoms with Crippen LogP contribution in [0.15, 0.2) is 53.4 Å². The Bertz CT molecular complexity index is 977. The van der Waals surface area contributed by atoms with Crippen LogP contribution in [-0.4, -0.2) is 70.5 Å². The van der Waals surface area contributed by atoms with Crippen LogP contribution in [0.2, 0.25) is 5.02 Å². The second-order valence-corrected chi connectivity index (χ2v) is 9.41. The second-order valence-electron chi connectivity index (χ2n) is 7.29. The molecule has 2 aromatic rings. The minimum Gasteiger partial charge on any atom is -0.495 e. The van der Waals surface area contributed by atoms with Gasteiger partial charge in [-0.15, -0.1) is 0 Å². The van der Waals surface area contributed by atoms with E-state index in [1.807, 2.05) is 37.4 Å². The van der Waals surface area contributed by atoms with Gasteiger partial charge >= 0.3 is 0 Å².